The average molecular weight is 291 g/mol. The Hall–Kier alpha value is -1.95. The van der Waals surface area contributed by atoms with Crippen LogP contribution in [-0.4, -0.2) is 27.3 Å². The van der Waals surface area contributed by atoms with E-state index in [0.717, 1.165) is 10.6 Å². The minimum Gasteiger partial charge on any atom is -0.480 e. The Balaban J connectivity index is 2.10. The Morgan fingerprint density at radius 3 is 2.60 bits per heavy atom. The zero-order chi connectivity index (χ0) is 14.5. The summed E-state index contributed by atoms with van der Waals surface area (Å²) in [6.45, 7) is 3.99. The number of rotatable bonds is 6. The molecule has 5 nitrogen and oxygen atoms in total. The van der Waals surface area contributed by atoms with Gasteiger partial charge in [0, 0.05) is 5.56 Å². The summed E-state index contributed by atoms with van der Waals surface area (Å²) >= 11 is 1.36. The molecule has 0 radical (unpaired) electrons. The van der Waals surface area contributed by atoms with Crippen LogP contribution in [0.3, 0.4) is 0 Å². The maximum Gasteiger partial charge on any atom is 0.326 e. The predicted octanol–water partition coefficient (Wildman–Crippen LogP) is 3.12. The van der Waals surface area contributed by atoms with Gasteiger partial charge in [-0.15, -0.1) is 10.2 Å². The monoisotopic (exact) mass is 291 g/mol. The first-order valence-corrected chi connectivity index (χ1v) is 7.26. The van der Waals surface area contributed by atoms with Crippen molar-refractivity contribution < 1.29 is 9.90 Å². The van der Waals surface area contributed by atoms with E-state index in [1.165, 1.54) is 11.3 Å². The molecule has 0 saturated carbocycles. The van der Waals surface area contributed by atoms with E-state index in [1.807, 2.05) is 44.2 Å². The number of aliphatic carboxylic acids is 1. The second-order valence-corrected chi connectivity index (χ2v) is 5.92. The molecule has 6 heteroatoms. The summed E-state index contributed by atoms with van der Waals surface area (Å²) in [5.74, 6) is -0.569. The van der Waals surface area contributed by atoms with Crippen molar-refractivity contribution in [2.45, 2.75) is 26.3 Å². The first-order valence-electron chi connectivity index (χ1n) is 6.44. The van der Waals surface area contributed by atoms with Crippen LogP contribution in [0, 0.1) is 5.92 Å². The Bertz CT molecular complexity index is 569. The molecule has 1 aromatic carbocycles. The van der Waals surface area contributed by atoms with Gasteiger partial charge in [0.05, 0.1) is 0 Å². The van der Waals surface area contributed by atoms with Gasteiger partial charge in [-0.2, -0.15) is 0 Å². The molecule has 0 saturated heterocycles. The van der Waals surface area contributed by atoms with Crippen LogP contribution >= 0.6 is 11.3 Å². The van der Waals surface area contributed by atoms with Crippen LogP contribution in [0.5, 0.6) is 0 Å². The molecule has 0 fully saturated rings. The van der Waals surface area contributed by atoms with Gasteiger partial charge in [-0.25, -0.2) is 4.79 Å². The van der Waals surface area contributed by atoms with Crippen molar-refractivity contribution >= 4 is 22.4 Å². The molecule has 20 heavy (non-hydrogen) atoms. The third kappa shape index (κ3) is 3.77. The molecule has 1 aromatic heterocycles. The molecule has 2 aromatic rings. The van der Waals surface area contributed by atoms with E-state index in [-0.39, 0.29) is 0 Å². The molecule has 0 spiro atoms. The third-order valence-electron chi connectivity index (χ3n) is 2.75. The molecule has 0 aliphatic carbocycles. The number of aromatic nitrogens is 2. The SMILES string of the molecule is CC(C)C[C@H](Nc1nnc(-c2ccccc2)s1)C(=O)O. The summed E-state index contributed by atoms with van der Waals surface area (Å²) in [5.41, 5.74) is 0.980. The van der Waals surface area contributed by atoms with E-state index < -0.39 is 12.0 Å². The van der Waals surface area contributed by atoms with E-state index in [2.05, 4.69) is 15.5 Å². The predicted molar refractivity (Wildman–Crippen MR) is 79.8 cm³/mol. The minimum atomic E-state index is -0.866. The molecule has 0 aliphatic heterocycles. The highest BCUT2D eigenvalue weighted by Crippen LogP contribution is 2.26. The van der Waals surface area contributed by atoms with Crippen molar-refractivity contribution in [1.82, 2.24) is 10.2 Å². The number of benzene rings is 1. The number of nitrogens with zero attached hydrogens (tertiary/aromatic N) is 2. The zero-order valence-corrected chi connectivity index (χ0v) is 12.2. The van der Waals surface area contributed by atoms with Crippen LogP contribution < -0.4 is 5.32 Å². The lowest BCUT2D eigenvalue weighted by Crippen LogP contribution is -2.30. The number of carboxylic acids is 1. The number of hydrogen-bond acceptors (Lipinski definition) is 5. The van der Waals surface area contributed by atoms with Crippen LogP contribution in [0.1, 0.15) is 20.3 Å². The first-order chi connectivity index (χ1) is 9.56. The zero-order valence-electron chi connectivity index (χ0n) is 11.4. The number of nitrogens with one attached hydrogen (secondary N) is 1. The third-order valence-corrected chi connectivity index (χ3v) is 3.65. The Morgan fingerprint density at radius 2 is 2.00 bits per heavy atom. The molecule has 106 valence electrons. The van der Waals surface area contributed by atoms with Crippen molar-refractivity contribution in [2.24, 2.45) is 5.92 Å². The number of hydrogen-bond donors (Lipinski definition) is 2. The minimum absolute atomic E-state index is 0.296. The topological polar surface area (TPSA) is 75.1 Å². The normalized spacial score (nSPS) is 12.3. The summed E-state index contributed by atoms with van der Waals surface area (Å²) in [5, 5.41) is 21.6. The van der Waals surface area contributed by atoms with Gasteiger partial charge in [0.25, 0.3) is 0 Å². The van der Waals surface area contributed by atoms with Crippen molar-refractivity contribution in [2.75, 3.05) is 5.32 Å². The first kappa shape index (κ1) is 14.5. The van der Waals surface area contributed by atoms with Crippen LogP contribution in [-0.2, 0) is 4.79 Å². The molecule has 0 amide bonds. The fourth-order valence-electron chi connectivity index (χ4n) is 1.82. The van der Waals surface area contributed by atoms with Crippen molar-refractivity contribution in [1.29, 1.82) is 0 Å². The highest BCUT2D eigenvalue weighted by Gasteiger charge is 2.20. The highest BCUT2D eigenvalue weighted by molar-refractivity contribution is 7.18. The maximum absolute atomic E-state index is 11.2. The van der Waals surface area contributed by atoms with Crippen LogP contribution in [0.25, 0.3) is 10.6 Å². The van der Waals surface area contributed by atoms with E-state index in [9.17, 15) is 9.90 Å². The van der Waals surface area contributed by atoms with Gasteiger partial charge >= 0.3 is 5.97 Å². The molecule has 1 atom stereocenters. The van der Waals surface area contributed by atoms with Crippen molar-refractivity contribution in [3.63, 3.8) is 0 Å². The molecular weight excluding hydrogens is 274 g/mol. The molecule has 2 N–H and O–H groups in total. The largest absolute Gasteiger partial charge is 0.480 e. The van der Waals surface area contributed by atoms with E-state index >= 15 is 0 Å². The number of carbonyl (C=O) groups is 1. The van der Waals surface area contributed by atoms with E-state index in [0.29, 0.717) is 17.5 Å². The van der Waals surface area contributed by atoms with Gasteiger partial charge in [0.1, 0.15) is 11.0 Å². The van der Waals surface area contributed by atoms with Gasteiger partial charge in [0.2, 0.25) is 5.13 Å². The summed E-state index contributed by atoms with van der Waals surface area (Å²) in [6, 6.07) is 9.07. The standard InChI is InChI=1S/C14H17N3O2S/c1-9(2)8-11(13(18)19)15-14-17-16-12(20-14)10-6-4-3-5-7-10/h3-7,9,11H,8H2,1-2H3,(H,15,17)(H,18,19)/t11-/m0/s1. The van der Waals surface area contributed by atoms with Crippen LogP contribution in [0.4, 0.5) is 5.13 Å². The summed E-state index contributed by atoms with van der Waals surface area (Å²) in [4.78, 5) is 11.2. The fourth-order valence-corrected chi connectivity index (χ4v) is 2.62. The lowest BCUT2D eigenvalue weighted by atomic mass is 10.0. The lowest BCUT2D eigenvalue weighted by Gasteiger charge is -2.14. The van der Waals surface area contributed by atoms with Crippen molar-refractivity contribution in [3.05, 3.63) is 30.3 Å². The molecule has 1 heterocycles. The van der Waals surface area contributed by atoms with Gasteiger partial charge < -0.3 is 10.4 Å². The van der Waals surface area contributed by atoms with E-state index in [4.69, 9.17) is 0 Å². The van der Waals surface area contributed by atoms with Gasteiger partial charge in [-0.1, -0.05) is 55.5 Å². The molecule has 2 rings (SSSR count). The molecule has 0 aliphatic rings. The molecule has 0 bridgehead atoms. The van der Waals surface area contributed by atoms with Crippen molar-refractivity contribution in [3.8, 4) is 10.6 Å². The van der Waals surface area contributed by atoms with Gasteiger partial charge in [-0.3, -0.25) is 0 Å². The van der Waals surface area contributed by atoms with Crippen LogP contribution in [0.15, 0.2) is 30.3 Å². The Morgan fingerprint density at radius 1 is 1.30 bits per heavy atom. The molecule has 0 unspecified atom stereocenters. The molecular formula is C14H17N3O2S. The summed E-state index contributed by atoms with van der Waals surface area (Å²) in [7, 11) is 0. The average Bonchev–Trinajstić information content (AvgIpc) is 2.87. The Labute approximate surface area is 121 Å². The number of carboxylic acid groups (broad SMARTS) is 1. The Kier molecular flexibility index (Phi) is 4.68. The van der Waals surface area contributed by atoms with Crippen LogP contribution in [0.2, 0.25) is 0 Å². The lowest BCUT2D eigenvalue weighted by molar-refractivity contribution is -0.138. The summed E-state index contributed by atoms with van der Waals surface area (Å²) in [6.07, 6.45) is 0.551. The summed E-state index contributed by atoms with van der Waals surface area (Å²) < 4.78 is 0. The maximum atomic E-state index is 11.2. The van der Waals surface area contributed by atoms with Gasteiger partial charge in [0.15, 0.2) is 0 Å². The fraction of sp³-hybridized carbons (Fsp3) is 0.357. The second kappa shape index (κ2) is 6.47. The highest BCUT2D eigenvalue weighted by atomic mass is 32.1. The quantitative estimate of drug-likeness (QED) is 0.855. The smallest absolute Gasteiger partial charge is 0.326 e. The number of anilines is 1. The van der Waals surface area contributed by atoms with E-state index in [1.54, 1.807) is 0 Å². The van der Waals surface area contributed by atoms with Gasteiger partial charge in [-0.05, 0) is 12.3 Å². The second-order valence-electron chi connectivity index (χ2n) is 4.94.